The number of carbonyl (C=O) groups excluding carboxylic acids is 1. The van der Waals surface area contributed by atoms with Crippen LogP contribution in [0.25, 0.3) is 0 Å². The van der Waals surface area contributed by atoms with Gasteiger partial charge in [0.1, 0.15) is 5.75 Å². The number of aromatic nitrogens is 1. The number of hydrogen-bond donors (Lipinski definition) is 2. The lowest BCUT2D eigenvalue weighted by atomic mass is 10.2. The number of hydrogen-bond acceptors (Lipinski definition) is 4. The van der Waals surface area contributed by atoms with Crippen LogP contribution in [-0.2, 0) is 6.54 Å². The molecule has 0 aliphatic heterocycles. The first-order chi connectivity index (χ1) is 11.7. The van der Waals surface area contributed by atoms with E-state index in [-0.39, 0.29) is 11.0 Å². The minimum Gasteiger partial charge on any atom is -0.494 e. The second-order valence-corrected chi connectivity index (χ2v) is 5.64. The molecule has 0 fully saturated rings. The maximum absolute atomic E-state index is 12.2. The second kappa shape index (κ2) is 9.62. The monoisotopic (exact) mass is 343 g/mol. The molecular weight excluding hydrogens is 322 g/mol. The number of nitrogens with one attached hydrogen (secondary N) is 2. The highest BCUT2D eigenvalue weighted by molar-refractivity contribution is 7.80. The smallest absolute Gasteiger partial charge is 0.257 e. The zero-order chi connectivity index (χ0) is 17.2. The van der Waals surface area contributed by atoms with Crippen LogP contribution >= 0.6 is 12.2 Å². The third-order valence-electron chi connectivity index (χ3n) is 3.27. The summed E-state index contributed by atoms with van der Waals surface area (Å²) in [6.45, 7) is 3.26. The summed E-state index contributed by atoms with van der Waals surface area (Å²) in [6.07, 6.45) is 5.50. The zero-order valence-electron chi connectivity index (χ0n) is 13.6. The molecule has 24 heavy (non-hydrogen) atoms. The maximum atomic E-state index is 12.2. The van der Waals surface area contributed by atoms with Crippen LogP contribution in [0.2, 0.25) is 0 Å². The van der Waals surface area contributed by atoms with E-state index in [1.165, 1.54) is 0 Å². The lowest BCUT2D eigenvalue weighted by Gasteiger charge is -2.10. The first-order valence-electron chi connectivity index (χ1n) is 7.90. The predicted octanol–water partition coefficient (Wildman–Crippen LogP) is 3.07. The van der Waals surface area contributed by atoms with Crippen molar-refractivity contribution in [3.8, 4) is 5.75 Å². The van der Waals surface area contributed by atoms with Gasteiger partial charge in [-0.15, -0.1) is 0 Å². The van der Waals surface area contributed by atoms with Crippen LogP contribution in [0, 0.1) is 0 Å². The van der Waals surface area contributed by atoms with Gasteiger partial charge in [-0.1, -0.05) is 25.5 Å². The van der Waals surface area contributed by atoms with Gasteiger partial charge >= 0.3 is 0 Å². The average molecular weight is 343 g/mol. The molecule has 1 aromatic carbocycles. The van der Waals surface area contributed by atoms with Crippen LogP contribution in [0.4, 0.5) is 0 Å². The Morgan fingerprint density at radius 1 is 1.29 bits per heavy atom. The summed E-state index contributed by atoms with van der Waals surface area (Å²) >= 11 is 5.15. The molecule has 0 bridgehead atoms. The molecule has 126 valence electrons. The minimum absolute atomic E-state index is 0.264. The molecule has 0 radical (unpaired) electrons. The van der Waals surface area contributed by atoms with Crippen molar-refractivity contribution in [2.75, 3.05) is 6.61 Å². The van der Waals surface area contributed by atoms with Crippen LogP contribution < -0.4 is 15.4 Å². The van der Waals surface area contributed by atoms with Gasteiger partial charge in [0.05, 0.1) is 6.61 Å². The zero-order valence-corrected chi connectivity index (χ0v) is 14.4. The van der Waals surface area contributed by atoms with E-state index in [4.69, 9.17) is 17.0 Å². The Bertz CT molecular complexity index is 677. The Labute approximate surface area is 147 Å². The molecule has 2 aromatic rings. The van der Waals surface area contributed by atoms with Crippen molar-refractivity contribution in [3.05, 3.63) is 59.9 Å². The Hall–Kier alpha value is -2.47. The van der Waals surface area contributed by atoms with Crippen LogP contribution in [-0.4, -0.2) is 22.6 Å². The van der Waals surface area contributed by atoms with Gasteiger partial charge in [0.15, 0.2) is 5.11 Å². The Morgan fingerprint density at radius 3 is 2.92 bits per heavy atom. The van der Waals surface area contributed by atoms with E-state index in [0.717, 1.165) is 18.4 Å². The molecule has 5 nitrogen and oxygen atoms in total. The van der Waals surface area contributed by atoms with Crippen LogP contribution in [0.5, 0.6) is 5.75 Å². The highest BCUT2D eigenvalue weighted by atomic mass is 32.1. The van der Waals surface area contributed by atoms with E-state index in [9.17, 15) is 4.79 Å². The number of nitrogens with zero attached hydrogens (tertiary/aromatic N) is 1. The van der Waals surface area contributed by atoms with Crippen molar-refractivity contribution < 1.29 is 9.53 Å². The summed E-state index contributed by atoms with van der Waals surface area (Å²) in [6, 6.07) is 10.9. The Morgan fingerprint density at radius 2 is 2.17 bits per heavy atom. The molecular formula is C18H21N3O2S. The van der Waals surface area contributed by atoms with Gasteiger partial charge in [-0.25, -0.2) is 0 Å². The summed E-state index contributed by atoms with van der Waals surface area (Å²) in [5.74, 6) is 0.421. The highest BCUT2D eigenvalue weighted by Gasteiger charge is 2.09. The van der Waals surface area contributed by atoms with E-state index in [1.807, 2.05) is 18.2 Å². The topological polar surface area (TPSA) is 63.2 Å². The van der Waals surface area contributed by atoms with Gasteiger partial charge in [0.25, 0.3) is 5.91 Å². The second-order valence-electron chi connectivity index (χ2n) is 5.23. The molecule has 2 N–H and O–H groups in total. The molecule has 0 spiro atoms. The molecule has 1 heterocycles. The van der Waals surface area contributed by atoms with Crippen LogP contribution in [0.15, 0.2) is 48.8 Å². The number of unbranched alkanes of at least 4 members (excludes halogenated alkanes) is 1. The molecule has 1 aromatic heterocycles. The third-order valence-corrected chi connectivity index (χ3v) is 3.51. The highest BCUT2D eigenvalue weighted by Crippen LogP contribution is 2.13. The van der Waals surface area contributed by atoms with E-state index in [0.29, 0.717) is 24.5 Å². The maximum Gasteiger partial charge on any atom is 0.257 e. The summed E-state index contributed by atoms with van der Waals surface area (Å²) in [5.41, 5.74) is 1.50. The van der Waals surface area contributed by atoms with E-state index in [2.05, 4.69) is 22.5 Å². The normalized spacial score (nSPS) is 10.0. The number of amides is 1. The van der Waals surface area contributed by atoms with Gasteiger partial charge in [-0.2, -0.15) is 0 Å². The fraction of sp³-hybridized carbons (Fsp3) is 0.278. The number of benzene rings is 1. The first kappa shape index (κ1) is 17.9. The van der Waals surface area contributed by atoms with Crippen LogP contribution in [0.3, 0.4) is 0 Å². The Balaban J connectivity index is 1.84. The van der Waals surface area contributed by atoms with Gasteiger partial charge < -0.3 is 10.1 Å². The molecule has 0 saturated carbocycles. The van der Waals surface area contributed by atoms with E-state index < -0.39 is 0 Å². The summed E-state index contributed by atoms with van der Waals surface area (Å²) < 4.78 is 5.61. The van der Waals surface area contributed by atoms with Gasteiger partial charge in [-0.05, 0) is 48.5 Å². The van der Waals surface area contributed by atoms with Gasteiger partial charge in [-0.3, -0.25) is 15.1 Å². The van der Waals surface area contributed by atoms with E-state index >= 15 is 0 Å². The fourth-order valence-electron chi connectivity index (χ4n) is 1.97. The number of rotatable bonds is 7. The number of ether oxygens (including phenoxy) is 1. The van der Waals surface area contributed by atoms with Gasteiger partial charge in [0.2, 0.25) is 0 Å². The number of pyridine rings is 1. The molecule has 0 unspecified atom stereocenters. The summed E-state index contributed by atoms with van der Waals surface area (Å²) in [4.78, 5) is 16.3. The number of carbonyl (C=O) groups is 1. The molecule has 2 rings (SSSR count). The van der Waals surface area contributed by atoms with Gasteiger partial charge in [0, 0.05) is 24.5 Å². The molecule has 0 saturated heterocycles. The molecule has 0 atom stereocenters. The Kier molecular flexibility index (Phi) is 7.17. The van der Waals surface area contributed by atoms with Crippen molar-refractivity contribution in [1.82, 2.24) is 15.6 Å². The summed E-state index contributed by atoms with van der Waals surface area (Å²) in [7, 11) is 0. The molecule has 0 aliphatic rings. The first-order valence-corrected chi connectivity index (χ1v) is 8.31. The lowest BCUT2D eigenvalue weighted by molar-refractivity contribution is 0.0976. The SMILES string of the molecule is CCCCOc1cccc(C(=O)NC(=S)NCc2cccnc2)c1. The van der Waals surface area contributed by atoms with Crippen LogP contribution in [0.1, 0.15) is 35.7 Å². The quantitative estimate of drug-likeness (QED) is 0.597. The molecule has 6 heteroatoms. The van der Waals surface area contributed by atoms with E-state index in [1.54, 1.807) is 30.6 Å². The third kappa shape index (κ3) is 5.96. The predicted molar refractivity (Wildman–Crippen MR) is 98.0 cm³/mol. The number of thiocarbonyl (C=S) groups is 1. The van der Waals surface area contributed by atoms with Crippen molar-refractivity contribution in [3.63, 3.8) is 0 Å². The van der Waals surface area contributed by atoms with Crippen molar-refractivity contribution >= 4 is 23.2 Å². The van der Waals surface area contributed by atoms with Crippen molar-refractivity contribution in [1.29, 1.82) is 0 Å². The van der Waals surface area contributed by atoms with Crippen molar-refractivity contribution in [2.24, 2.45) is 0 Å². The fourth-order valence-corrected chi connectivity index (χ4v) is 2.13. The minimum atomic E-state index is -0.264. The lowest BCUT2D eigenvalue weighted by Crippen LogP contribution is -2.38. The standard InChI is InChI=1S/C18H21N3O2S/c1-2-3-10-23-16-8-4-7-15(11-16)17(22)21-18(24)20-13-14-6-5-9-19-12-14/h4-9,11-12H,2-3,10,13H2,1H3,(H2,20,21,22,24). The van der Waals surface area contributed by atoms with Crippen molar-refractivity contribution in [2.45, 2.75) is 26.3 Å². The average Bonchev–Trinajstić information content (AvgIpc) is 2.61. The largest absolute Gasteiger partial charge is 0.494 e. The molecule has 0 aliphatic carbocycles. The molecule has 1 amide bonds. The summed E-state index contributed by atoms with van der Waals surface area (Å²) in [5, 5.41) is 5.93.